The molecule has 0 bridgehead atoms. The lowest BCUT2D eigenvalue weighted by molar-refractivity contribution is 0.0943. The Kier molecular flexibility index (Phi) is 5.69. The molecule has 0 atom stereocenters. The van der Waals surface area contributed by atoms with Gasteiger partial charge in [0.25, 0.3) is 5.91 Å². The number of para-hydroxylation sites is 1. The first-order valence-electron chi connectivity index (χ1n) is 8.61. The molecular weight excluding hydrogens is 328 g/mol. The molecule has 0 spiro atoms. The van der Waals surface area contributed by atoms with Gasteiger partial charge in [0.15, 0.2) is 5.69 Å². The quantitative estimate of drug-likeness (QED) is 0.703. The molecule has 0 aliphatic heterocycles. The lowest BCUT2D eigenvalue weighted by Crippen LogP contribution is -2.27. The van der Waals surface area contributed by atoms with E-state index in [1.807, 2.05) is 61.5 Å². The summed E-state index contributed by atoms with van der Waals surface area (Å²) in [4.78, 5) is 12.5. The van der Waals surface area contributed by atoms with Crippen LogP contribution in [0.4, 0.5) is 0 Å². The third-order valence-corrected chi connectivity index (χ3v) is 4.21. The molecular formula is C21H22N2O3. The summed E-state index contributed by atoms with van der Waals surface area (Å²) in [7, 11) is 0. The summed E-state index contributed by atoms with van der Waals surface area (Å²) in [5, 5.41) is 6.80. The van der Waals surface area contributed by atoms with E-state index >= 15 is 0 Å². The number of hydrogen-bond donors (Lipinski definition) is 1. The summed E-state index contributed by atoms with van der Waals surface area (Å²) in [6.07, 6.45) is 0.762. The van der Waals surface area contributed by atoms with Gasteiger partial charge in [0.1, 0.15) is 18.1 Å². The number of nitrogens with zero attached hydrogens (tertiary/aromatic N) is 1. The molecule has 1 heterocycles. The Morgan fingerprint density at radius 3 is 2.58 bits per heavy atom. The van der Waals surface area contributed by atoms with E-state index in [0.717, 1.165) is 17.7 Å². The highest BCUT2D eigenvalue weighted by Crippen LogP contribution is 2.20. The topological polar surface area (TPSA) is 64.4 Å². The van der Waals surface area contributed by atoms with Crippen molar-refractivity contribution in [3.63, 3.8) is 0 Å². The third kappa shape index (κ3) is 4.30. The largest absolute Gasteiger partial charge is 0.488 e. The molecule has 0 fully saturated rings. The molecule has 0 aliphatic carbocycles. The van der Waals surface area contributed by atoms with Crippen LogP contribution in [0, 0.1) is 13.8 Å². The number of benzene rings is 2. The Morgan fingerprint density at radius 2 is 1.81 bits per heavy atom. The van der Waals surface area contributed by atoms with Gasteiger partial charge in [-0.25, -0.2) is 0 Å². The van der Waals surface area contributed by atoms with Crippen molar-refractivity contribution in [3.8, 4) is 5.75 Å². The number of hydrogen-bond acceptors (Lipinski definition) is 4. The third-order valence-electron chi connectivity index (χ3n) is 4.21. The average Bonchev–Trinajstić information content (AvgIpc) is 3.02. The molecule has 5 heteroatoms. The Balaban J connectivity index is 1.61. The summed E-state index contributed by atoms with van der Waals surface area (Å²) in [5.74, 6) is 1.12. The van der Waals surface area contributed by atoms with Gasteiger partial charge in [0.05, 0.1) is 5.56 Å². The molecule has 1 amide bonds. The molecule has 0 radical (unpaired) electrons. The molecule has 2 aromatic carbocycles. The Labute approximate surface area is 153 Å². The first kappa shape index (κ1) is 17.7. The molecule has 5 nitrogen and oxygen atoms in total. The lowest BCUT2D eigenvalue weighted by atomic mass is 10.1. The number of nitrogens with one attached hydrogen (secondary N) is 1. The van der Waals surface area contributed by atoms with E-state index < -0.39 is 0 Å². The maximum absolute atomic E-state index is 12.5. The second-order valence-electron chi connectivity index (χ2n) is 6.11. The fourth-order valence-corrected chi connectivity index (χ4v) is 2.66. The Bertz CT molecular complexity index is 872. The molecule has 0 unspecified atom stereocenters. The smallest absolute Gasteiger partial charge is 0.273 e. The zero-order chi connectivity index (χ0) is 18.4. The number of rotatable bonds is 7. The second kappa shape index (κ2) is 8.34. The van der Waals surface area contributed by atoms with E-state index in [1.165, 1.54) is 5.56 Å². The zero-order valence-corrected chi connectivity index (χ0v) is 15.0. The number of amides is 1. The number of carbonyl (C=O) groups excluding carboxylic acids is 1. The van der Waals surface area contributed by atoms with Gasteiger partial charge in [0.2, 0.25) is 0 Å². The zero-order valence-electron chi connectivity index (χ0n) is 15.0. The van der Waals surface area contributed by atoms with Crippen molar-refractivity contribution in [2.75, 3.05) is 6.54 Å². The van der Waals surface area contributed by atoms with Crippen LogP contribution >= 0.6 is 0 Å². The fraction of sp³-hybridized carbons (Fsp3) is 0.238. The molecule has 3 aromatic rings. The summed E-state index contributed by atoms with van der Waals surface area (Å²) in [6.45, 7) is 4.53. The fourth-order valence-electron chi connectivity index (χ4n) is 2.66. The van der Waals surface area contributed by atoms with E-state index in [2.05, 4.69) is 10.5 Å². The molecule has 26 heavy (non-hydrogen) atoms. The van der Waals surface area contributed by atoms with Gasteiger partial charge in [-0.15, -0.1) is 0 Å². The van der Waals surface area contributed by atoms with Crippen molar-refractivity contribution < 1.29 is 14.1 Å². The minimum Gasteiger partial charge on any atom is -0.488 e. The lowest BCUT2D eigenvalue weighted by Gasteiger charge is -2.09. The minimum absolute atomic E-state index is 0.238. The highest BCUT2D eigenvalue weighted by molar-refractivity contribution is 5.93. The standard InChI is InChI=1S/C21H22N2O3/c1-15-8-6-7-11-19(15)25-14-18-16(2)26-23-20(18)21(24)22-13-12-17-9-4-3-5-10-17/h3-11H,12-14H2,1-2H3,(H,22,24). The molecule has 0 saturated heterocycles. The van der Waals surface area contributed by atoms with Crippen LogP contribution in [0.25, 0.3) is 0 Å². The molecule has 0 saturated carbocycles. The highest BCUT2D eigenvalue weighted by Gasteiger charge is 2.20. The van der Waals surface area contributed by atoms with Crippen LogP contribution in [0.5, 0.6) is 5.75 Å². The Hall–Kier alpha value is -3.08. The van der Waals surface area contributed by atoms with Crippen molar-refractivity contribution in [3.05, 3.63) is 82.7 Å². The van der Waals surface area contributed by atoms with Crippen LogP contribution in [0.15, 0.2) is 59.1 Å². The number of aryl methyl sites for hydroxylation is 2. The molecule has 3 rings (SSSR count). The van der Waals surface area contributed by atoms with Gasteiger partial charge in [-0.05, 0) is 37.5 Å². The summed E-state index contributed by atoms with van der Waals surface area (Å²) >= 11 is 0. The average molecular weight is 350 g/mol. The van der Waals surface area contributed by atoms with Gasteiger partial charge in [-0.2, -0.15) is 0 Å². The van der Waals surface area contributed by atoms with Gasteiger partial charge in [-0.3, -0.25) is 4.79 Å². The van der Waals surface area contributed by atoms with Gasteiger partial charge in [0, 0.05) is 6.54 Å². The van der Waals surface area contributed by atoms with Crippen LogP contribution in [0.3, 0.4) is 0 Å². The monoisotopic (exact) mass is 350 g/mol. The maximum Gasteiger partial charge on any atom is 0.273 e. The predicted octanol–water partition coefficient (Wildman–Crippen LogP) is 3.84. The minimum atomic E-state index is -0.249. The summed E-state index contributed by atoms with van der Waals surface area (Å²) < 4.78 is 11.1. The van der Waals surface area contributed by atoms with E-state index in [-0.39, 0.29) is 18.2 Å². The summed E-state index contributed by atoms with van der Waals surface area (Å²) in [6, 6.07) is 17.8. The van der Waals surface area contributed by atoms with E-state index in [1.54, 1.807) is 6.92 Å². The van der Waals surface area contributed by atoms with E-state index in [9.17, 15) is 4.79 Å². The van der Waals surface area contributed by atoms with Gasteiger partial charge < -0.3 is 14.6 Å². The maximum atomic E-state index is 12.5. The van der Waals surface area contributed by atoms with Gasteiger partial charge in [-0.1, -0.05) is 53.7 Å². The Morgan fingerprint density at radius 1 is 1.08 bits per heavy atom. The number of ether oxygens (including phenoxy) is 1. The van der Waals surface area contributed by atoms with Crippen molar-refractivity contribution >= 4 is 5.91 Å². The van der Waals surface area contributed by atoms with Crippen LogP contribution in [-0.2, 0) is 13.0 Å². The number of aromatic nitrogens is 1. The first-order valence-corrected chi connectivity index (χ1v) is 8.61. The predicted molar refractivity (Wildman–Crippen MR) is 99.2 cm³/mol. The van der Waals surface area contributed by atoms with Crippen molar-refractivity contribution in [1.29, 1.82) is 0 Å². The van der Waals surface area contributed by atoms with Crippen LogP contribution in [-0.4, -0.2) is 17.6 Å². The molecule has 1 N–H and O–H groups in total. The molecule has 1 aromatic heterocycles. The van der Waals surface area contributed by atoms with Crippen molar-refractivity contribution in [2.24, 2.45) is 0 Å². The molecule has 134 valence electrons. The summed E-state index contributed by atoms with van der Waals surface area (Å²) in [5.41, 5.74) is 3.16. The van der Waals surface area contributed by atoms with Crippen LogP contribution < -0.4 is 10.1 Å². The van der Waals surface area contributed by atoms with Gasteiger partial charge >= 0.3 is 0 Å². The highest BCUT2D eigenvalue weighted by atomic mass is 16.5. The van der Waals surface area contributed by atoms with Crippen LogP contribution in [0.1, 0.15) is 32.9 Å². The van der Waals surface area contributed by atoms with Crippen LogP contribution in [0.2, 0.25) is 0 Å². The van der Waals surface area contributed by atoms with E-state index in [0.29, 0.717) is 17.9 Å². The van der Waals surface area contributed by atoms with E-state index in [4.69, 9.17) is 9.26 Å². The second-order valence-corrected chi connectivity index (χ2v) is 6.11. The van der Waals surface area contributed by atoms with Crippen molar-refractivity contribution in [2.45, 2.75) is 26.9 Å². The van der Waals surface area contributed by atoms with Crippen molar-refractivity contribution in [1.82, 2.24) is 10.5 Å². The first-order chi connectivity index (χ1) is 12.6. The number of carbonyl (C=O) groups is 1. The normalized spacial score (nSPS) is 10.5. The molecule has 0 aliphatic rings. The SMILES string of the molecule is Cc1ccccc1OCc1c(C(=O)NCCc2ccccc2)noc1C.